The maximum absolute atomic E-state index is 5.85. The number of benzene rings is 1. The predicted octanol–water partition coefficient (Wildman–Crippen LogP) is 2.68. The Morgan fingerprint density at radius 2 is 2.25 bits per heavy atom. The largest absolute Gasteiger partial charge is 0.494 e. The zero-order chi connectivity index (χ0) is 14.4. The van der Waals surface area contributed by atoms with E-state index >= 15 is 0 Å². The summed E-state index contributed by atoms with van der Waals surface area (Å²) >= 11 is 0. The van der Waals surface area contributed by atoms with Gasteiger partial charge in [0.1, 0.15) is 5.75 Å². The molecule has 112 valence electrons. The molecular weight excluding hydrogens is 248 g/mol. The Hall–Kier alpha value is -1.06. The van der Waals surface area contributed by atoms with Crippen molar-refractivity contribution >= 4 is 0 Å². The van der Waals surface area contributed by atoms with Crippen molar-refractivity contribution in [2.45, 2.75) is 26.7 Å². The third-order valence-electron chi connectivity index (χ3n) is 4.38. The Morgan fingerprint density at radius 1 is 1.40 bits per heavy atom. The summed E-state index contributed by atoms with van der Waals surface area (Å²) in [6.45, 7) is 9.52. The van der Waals surface area contributed by atoms with Gasteiger partial charge in [-0.3, -0.25) is 0 Å². The Morgan fingerprint density at radius 3 is 3.00 bits per heavy atom. The third-order valence-corrected chi connectivity index (χ3v) is 4.38. The number of likely N-dealkylation sites (tertiary alicyclic amines) is 1. The van der Waals surface area contributed by atoms with E-state index in [2.05, 4.69) is 30.9 Å². The van der Waals surface area contributed by atoms with E-state index in [4.69, 9.17) is 10.5 Å². The van der Waals surface area contributed by atoms with Crippen molar-refractivity contribution in [3.63, 3.8) is 0 Å². The Labute approximate surface area is 123 Å². The molecule has 0 aliphatic carbocycles. The van der Waals surface area contributed by atoms with Gasteiger partial charge in [-0.15, -0.1) is 0 Å². The summed E-state index contributed by atoms with van der Waals surface area (Å²) < 4.78 is 5.80. The minimum atomic E-state index is 0.668. The molecule has 2 unspecified atom stereocenters. The number of hydrogen-bond acceptors (Lipinski definition) is 3. The smallest absolute Gasteiger partial charge is 0.119 e. The van der Waals surface area contributed by atoms with Gasteiger partial charge in [0.15, 0.2) is 0 Å². The number of nitrogens with zero attached hydrogens (tertiary/aromatic N) is 1. The highest BCUT2D eigenvalue weighted by atomic mass is 16.5. The standard InChI is InChI=1S/C17H28N2O/c1-14-5-3-6-17(11-14)20-10-4-8-19-9-7-15(2)16(12-18)13-19/h3,5-6,11,15-16H,4,7-10,12-13,18H2,1-2H3. The van der Waals surface area contributed by atoms with Gasteiger partial charge in [0.05, 0.1) is 6.61 Å². The molecule has 0 spiro atoms. The van der Waals surface area contributed by atoms with Gasteiger partial charge < -0.3 is 15.4 Å². The number of nitrogens with two attached hydrogens (primary N) is 1. The second-order valence-electron chi connectivity index (χ2n) is 6.08. The van der Waals surface area contributed by atoms with Crippen LogP contribution in [0.4, 0.5) is 0 Å². The van der Waals surface area contributed by atoms with Crippen molar-refractivity contribution in [1.29, 1.82) is 0 Å². The Bertz CT molecular complexity index is 408. The van der Waals surface area contributed by atoms with Crippen LogP contribution in [-0.4, -0.2) is 37.7 Å². The Kier molecular flexibility index (Phi) is 5.86. The van der Waals surface area contributed by atoms with E-state index in [9.17, 15) is 0 Å². The highest BCUT2D eigenvalue weighted by Gasteiger charge is 2.24. The van der Waals surface area contributed by atoms with Crippen LogP contribution in [0, 0.1) is 18.8 Å². The SMILES string of the molecule is Cc1cccc(OCCCN2CCC(C)C(CN)C2)c1. The molecule has 0 saturated carbocycles. The molecule has 3 heteroatoms. The lowest BCUT2D eigenvalue weighted by atomic mass is 9.87. The lowest BCUT2D eigenvalue weighted by Gasteiger charge is -2.36. The normalized spacial score (nSPS) is 23.8. The fourth-order valence-corrected chi connectivity index (χ4v) is 2.92. The van der Waals surface area contributed by atoms with Crippen LogP contribution in [0.15, 0.2) is 24.3 Å². The summed E-state index contributed by atoms with van der Waals surface area (Å²) in [6.07, 6.45) is 2.36. The van der Waals surface area contributed by atoms with Crippen molar-refractivity contribution < 1.29 is 4.74 Å². The first-order chi connectivity index (χ1) is 9.69. The molecule has 1 aliphatic heterocycles. The molecule has 0 aromatic heterocycles. The second-order valence-corrected chi connectivity index (χ2v) is 6.08. The number of aryl methyl sites for hydroxylation is 1. The van der Waals surface area contributed by atoms with Crippen LogP contribution in [0.5, 0.6) is 5.75 Å². The van der Waals surface area contributed by atoms with Crippen LogP contribution in [0.2, 0.25) is 0 Å². The number of ether oxygens (including phenoxy) is 1. The average molecular weight is 276 g/mol. The van der Waals surface area contributed by atoms with Gasteiger partial charge in [-0.05, 0) is 62.4 Å². The zero-order valence-corrected chi connectivity index (χ0v) is 12.8. The molecule has 0 bridgehead atoms. The zero-order valence-electron chi connectivity index (χ0n) is 12.8. The van der Waals surface area contributed by atoms with E-state index in [1.807, 2.05) is 12.1 Å². The van der Waals surface area contributed by atoms with E-state index in [0.717, 1.165) is 44.3 Å². The maximum atomic E-state index is 5.85. The van der Waals surface area contributed by atoms with Crippen molar-refractivity contribution in [1.82, 2.24) is 4.90 Å². The maximum Gasteiger partial charge on any atom is 0.119 e. The number of rotatable bonds is 6. The molecule has 2 rings (SSSR count). The van der Waals surface area contributed by atoms with E-state index < -0.39 is 0 Å². The minimum Gasteiger partial charge on any atom is -0.494 e. The first-order valence-electron chi connectivity index (χ1n) is 7.81. The topological polar surface area (TPSA) is 38.5 Å². The number of hydrogen-bond donors (Lipinski definition) is 1. The van der Waals surface area contributed by atoms with Crippen LogP contribution >= 0.6 is 0 Å². The summed E-state index contributed by atoms with van der Waals surface area (Å²) in [6, 6.07) is 8.25. The quantitative estimate of drug-likeness (QED) is 0.812. The van der Waals surface area contributed by atoms with E-state index in [0.29, 0.717) is 5.92 Å². The molecular formula is C17H28N2O. The van der Waals surface area contributed by atoms with Gasteiger partial charge >= 0.3 is 0 Å². The van der Waals surface area contributed by atoms with Crippen LogP contribution in [0.25, 0.3) is 0 Å². The van der Waals surface area contributed by atoms with Crippen molar-refractivity contribution in [2.24, 2.45) is 17.6 Å². The van der Waals surface area contributed by atoms with Crippen LogP contribution < -0.4 is 10.5 Å². The van der Waals surface area contributed by atoms with E-state index in [1.54, 1.807) is 0 Å². The van der Waals surface area contributed by atoms with Crippen molar-refractivity contribution in [3.05, 3.63) is 29.8 Å². The molecule has 1 aliphatic rings. The van der Waals surface area contributed by atoms with Gasteiger partial charge in [0.25, 0.3) is 0 Å². The molecule has 0 amide bonds. The number of piperidine rings is 1. The third kappa shape index (κ3) is 4.50. The molecule has 1 saturated heterocycles. The lowest BCUT2D eigenvalue weighted by molar-refractivity contribution is 0.125. The summed E-state index contributed by atoms with van der Waals surface area (Å²) in [7, 11) is 0. The first-order valence-corrected chi connectivity index (χ1v) is 7.81. The van der Waals surface area contributed by atoms with Gasteiger partial charge in [-0.1, -0.05) is 19.1 Å². The summed E-state index contributed by atoms with van der Waals surface area (Å²) in [4.78, 5) is 2.54. The summed E-state index contributed by atoms with van der Waals surface area (Å²) in [5, 5.41) is 0. The second kappa shape index (κ2) is 7.65. The highest BCUT2D eigenvalue weighted by Crippen LogP contribution is 2.22. The van der Waals surface area contributed by atoms with Crippen LogP contribution in [-0.2, 0) is 0 Å². The fourth-order valence-electron chi connectivity index (χ4n) is 2.92. The van der Waals surface area contributed by atoms with Crippen molar-refractivity contribution in [2.75, 3.05) is 32.8 Å². The molecule has 20 heavy (non-hydrogen) atoms. The summed E-state index contributed by atoms with van der Waals surface area (Å²) in [5.41, 5.74) is 7.10. The molecule has 1 aromatic carbocycles. The van der Waals surface area contributed by atoms with Gasteiger partial charge in [0.2, 0.25) is 0 Å². The summed E-state index contributed by atoms with van der Waals surface area (Å²) in [5.74, 6) is 2.43. The molecule has 1 fully saturated rings. The fraction of sp³-hybridized carbons (Fsp3) is 0.647. The van der Waals surface area contributed by atoms with Gasteiger partial charge in [0, 0.05) is 13.1 Å². The molecule has 1 heterocycles. The van der Waals surface area contributed by atoms with Crippen LogP contribution in [0.1, 0.15) is 25.3 Å². The lowest BCUT2D eigenvalue weighted by Crippen LogP contribution is -2.43. The Balaban J connectivity index is 1.66. The molecule has 3 nitrogen and oxygen atoms in total. The first kappa shape index (κ1) is 15.3. The molecule has 0 radical (unpaired) electrons. The molecule has 2 N–H and O–H groups in total. The van der Waals surface area contributed by atoms with Gasteiger partial charge in [-0.25, -0.2) is 0 Å². The van der Waals surface area contributed by atoms with Crippen molar-refractivity contribution in [3.8, 4) is 5.75 Å². The van der Waals surface area contributed by atoms with E-state index in [1.165, 1.54) is 18.5 Å². The highest BCUT2D eigenvalue weighted by molar-refractivity contribution is 5.27. The molecule has 2 atom stereocenters. The monoisotopic (exact) mass is 276 g/mol. The minimum absolute atomic E-state index is 0.668. The van der Waals surface area contributed by atoms with Crippen LogP contribution in [0.3, 0.4) is 0 Å². The van der Waals surface area contributed by atoms with Gasteiger partial charge in [-0.2, -0.15) is 0 Å². The average Bonchev–Trinajstić information content (AvgIpc) is 2.45. The predicted molar refractivity (Wildman–Crippen MR) is 84.1 cm³/mol. The van der Waals surface area contributed by atoms with E-state index in [-0.39, 0.29) is 0 Å². The molecule has 1 aromatic rings.